The molecule has 0 atom stereocenters. The summed E-state index contributed by atoms with van der Waals surface area (Å²) in [5, 5.41) is 7.36. The van der Waals surface area contributed by atoms with Gasteiger partial charge in [-0.05, 0) is 53.5 Å². The fourth-order valence-corrected chi connectivity index (χ4v) is 2.11. The molecule has 1 aromatic rings. The van der Waals surface area contributed by atoms with Crippen LogP contribution in [-0.2, 0) is 5.54 Å². The van der Waals surface area contributed by atoms with E-state index in [4.69, 9.17) is 5.73 Å². The van der Waals surface area contributed by atoms with Crippen LogP contribution < -0.4 is 11.1 Å². The van der Waals surface area contributed by atoms with Gasteiger partial charge in [0.2, 0.25) is 0 Å². The van der Waals surface area contributed by atoms with Gasteiger partial charge in [0.25, 0.3) is 5.91 Å². The number of rotatable bonds is 4. The molecule has 0 saturated heterocycles. The van der Waals surface area contributed by atoms with Gasteiger partial charge in [0.15, 0.2) is 0 Å². The summed E-state index contributed by atoms with van der Waals surface area (Å²) in [5.41, 5.74) is 7.03. The second-order valence-electron chi connectivity index (χ2n) is 7.48. The minimum Gasteiger partial charge on any atom is -0.349 e. The highest BCUT2D eigenvalue weighted by Crippen LogP contribution is 2.41. The molecule has 1 heterocycles. The molecular weight excluding hydrogens is 288 g/mol. The summed E-state index contributed by atoms with van der Waals surface area (Å²) >= 11 is 0. The van der Waals surface area contributed by atoms with E-state index in [0.717, 1.165) is 0 Å². The smallest absolute Gasteiger partial charge is 0.271 e. The Balaban J connectivity index is 0.00000220. The number of amides is 1. The zero-order valence-corrected chi connectivity index (χ0v) is 14.4. The summed E-state index contributed by atoms with van der Waals surface area (Å²) in [6, 6.07) is 1.93. The molecule has 0 radical (unpaired) electrons. The maximum absolute atomic E-state index is 12.2. The highest BCUT2D eigenvalue weighted by Gasteiger charge is 2.32. The molecule has 1 aliphatic rings. The lowest BCUT2D eigenvalue weighted by atomic mass is 10.1. The Morgan fingerprint density at radius 3 is 2.38 bits per heavy atom. The minimum atomic E-state index is -0.415. The summed E-state index contributed by atoms with van der Waals surface area (Å²) in [7, 11) is 0. The Bertz CT molecular complexity index is 507. The van der Waals surface area contributed by atoms with Crippen molar-refractivity contribution >= 4 is 18.3 Å². The summed E-state index contributed by atoms with van der Waals surface area (Å²) in [6.45, 7) is 10.5. The highest BCUT2D eigenvalue weighted by atomic mass is 35.5. The molecule has 0 aliphatic heterocycles. The Kier molecular flexibility index (Phi) is 5.11. The SMILES string of the molecule is CC(C)(N)CNC(=O)c1cc(C2CC2)n(C(C)(C)C)n1.Cl. The van der Waals surface area contributed by atoms with E-state index < -0.39 is 5.54 Å². The van der Waals surface area contributed by atoms with Crippen LogP contribution in [0.5, 0.6) is 0 Å². The van der Waals surface area contributed by atoms with Gasteiger partial charge in [-0.1, -0.05) is 0 Å². The van der Waals surface area contributed by atoms with Crippen molar-refractivity contribution in [2.24, 2.45) is 5.73 Å². The fraction of sp³-hybridized carbons (Fsp3) is 0.733. The maximum Gasteiger partial charge on any atom is 0.271 e. The lowest BCUT2D eigenvalue weighted by molar-refractivity contribution is 0.0939. The molecule has 1 saturated carbocycles. The van der Waals surface area contributed by atoms with Gasteiger partial charge in [0.1, 0.15) is 5.69 Å². The van der Waals surface area contributed by atoms with Crippen molar-refractivity contribution in [1.29, 1.82) is 0 Å². The van der Waals surface area contributed by atoms with Gasteiger partial charge in [-0.3, -0.25) is 9.48 Å². The number of hydrogen-bond donors (Lipinski definition) is 2. The first kappa shape index (κ1) is 18.0. The maximum atomic E-state index is 12.2. The molecule has 5 nitrogen and oxygen atoms in total. The number of nitrogens with two attached hydrogens (primary N) is 1. The average molecular weight is 315 g/mol. The Morgan fingerprint density at radius 2 is 1.95 bits per heavy atom. The molecule has 1 aromatic heterocycles. The number of nitrogens with zero attached hydrogens (tertiary/aromatic N) is 2. The predicted molar refractivity (Wildman–Crippen MR) is 87.0 cm³/mol. The molecular formula is C15H27ClN4O. The second kappa shape index (κ2) is 5.97. The quantitative estimate of drug-likeness (QED) is 0.896. The van der Waals surface area contributed by atoms with Gasteiger partial charge in [0, 0.05) is 23.7 Å². The van der Waals surface area contributed by atoms with Crippen LogP contribution in [0, 0.1) is 0 Å². The molecule has 1 aliphatic carbocycles. The van der Waals surface area contributed by atoms with E-state index in [1.165, 1.54) is 18.5 Å². The van der Waals surface area contributed by atoms with Crippen molar-refractivity contribution in [1.82, 2.24) is 15.1 Å². The van der Waals surface area contributed by atoms with Crippen molar-refractivity contribution in [2.45, 2.75) is 64.5 Å². The first-order valence-corrected chi connectivity index (χ1v) is 7.25. The first-order chi connectivity index (χ1) is 9.08. The summed E-state index contributed by atoms with van der Waals surface area (Å²) in [4.78, 5) is 12.2. The van der Waals surface area contributed by atoms with Crippen LogP contribution in [0.15, 0.2) is 6.07 Å². The lowest BCUT2D eigenvalue weighted by Crippen LogP contribution is -2.45. The molecule has 21 heavy (non-hydrogen) atoms. The first-order valence-electron chi connectivity index (χ1n) is 7.25. The molecule has 2 rings (SSSR count). The minimum absolute atomic E-state index is 0. The van der Waals surface area contributed by atoms with E-state index in [1.807, 2.05) is 24.6 Å². The van der Waals surface area contributed by atoms with Gasteiger partial charge in [-0.15, -0.1) is 12.4 Å². The van der Waals surface area contributed by atoms with Crippen molar-refractivity contribution < 1.29 is 4.79 Å². The van der Waals surface area contributed by atoms with Crippen molar-refractivity contribution in [3.63, 3.8) is 0 Å². The number of nitrogens with one attached hydrogen (secondary N) is 1. The van der Waals surface area contributed by atoms with Gasteiger partial charge in [0.05, 0.1) is 5.54 Å². The van der Waals surface area contributed by atoms with Crippen LogP contribution in [0.25, 0.3) is 0 Å². The Hall–Kier alpha value is -1.07. The molecule has 3 N–H and O–H groups in total. The monoisotopic (exact) mass is 314 g/mol. The van der Waals surface area contributed by atoms with Crippen LogP contribution in [0.3, 0.4) is 0 Å². The van der Waals surface area contributed by atoms with E-state index in [1.54, 1.807) is 0 Å². The summed E-state index contributed by atoms with van der Waals surface area (Å²) < 4.78 is 1.99. The standard InChI is InChI=1S/C15H26N4O.ClH/c1-14(2,3)19-12(10-6-7-10)8-11(18-19)13(20)17-9-15(4,5)16;/h8,10H,6-7,9,16H2,1-5H3,(H,17,20);1H. The fourth-order valence-electron chi connectivity index (χ4n) is 2.11. The van der Waals surface area contributed by atoms with Crippen LogP contribution in [0.2, 0.25) is 0 Å². The van der Waals surface area contributed by atoms with Crippen LogP contribution in [-0.4, -0.2) is 27.8 Å². The van der Waals surface area contributed by atoms with E-state index in [9.17, 15) is 4.79 Å². The molecule has 0 unspecified atom stereocenters. The summed E-state index contributed by atoms with van der Waals surface area (Å²) in [5.74, 6) is 0.419. The lowest BCUT2D eigenvalue weighted by Gasteiger charge is -2.22. The third kappa shape index (κ3) is 4.71. The van der Waals surface area contributed by atoms with Crippen molar-refractivity contribution in [3.8, 4) is 0 Å². The topological polar surface area (TPSA) is 72.9 Å². The van der Waals surface area contributed by atoms with Gasteiger partial charge >= 0.3 is 0 Å². The molecule has 1 amide bonds. The van der Waals surface area contributed by atoms with E-state index >= 15 is 0 Å². The van der Waals surface area contributed by atoms with E-state index in [0.29, 0.717) is 18.2 Å². The normalized spacial score (nSPS) is 15.5. The molecule has 120 valence electrons. The number of halogens is 1. The van der Waals surface area contributed by atoms with Gasteiger partial charge < -0.3 is 11.1 Å². The average Bonchev–Trinajstić information content (AvgIpc) is 3.02. The molecule has 1 fully saturated rings. The van der Waals surface area contributed by atoms with Gasteiger partial charge in [-0.2, -0.15) is 5.10 Å². The highest BCUT2D eigenvalue weighted by molar-refractivity contribution is 5.92. The van der Waals surface area contributed by atoms with E-state index in [-0.39, 0.29) is 23.9 Å². The van der Waals surface area contributed by atoms with Crippen molar-refractivity contribution in [2.75, 3.05) is 6.54 Å². The van der Waals surface area contributed by atoms with Crippen LogP contribution in [0.1, 0.15) is 69.6 Å². The largest absolute Gasteiger partial charge is 0.349 e. The Labute approximate surface area is 133 Å². The van der Waals surface area contributed by atoms with E-state index in [2.05, 4.69) is 31.2 Å². The number of aromatic nitrogens is 2. The Morgan fingerprint density at radius 1 is 1.38 bits per heavy atom. The third-order valence-electron chi connectivity index (χ3n) is 3.31. The van der Waals surface area contributed by atoms with Crippen LogP contribution in [0.4, 0.5) is 0 Å². The van der Waals surface area contributed by atoms with Crippen molar-refractivity contribution in [3.05, 3.63) is 17.5 Å². The zero-order valence-electron chi connectivity index (χ0n) is 13.6. The van der Waals surface area contributed by atoms with Crippen LogP contribution >= 0.6 is 12.4 Å². The number of carbonyl (C=O) groups excluding carboxylic acids is 1. The molecule has 0 spiro atoms. The third-order valence-corrected chi connectivity index (χ3v) is 3.31. The summed E-state index contributed by atoms with van der Waals surface area (Å²) in [6.07, 6.45) is 2.39. The number of hydrogen-bond acceptors (Lipinski definition) is 3. The molecule has 6 heteroatoms. The molecule has 0 aromatic carbocycles. The zero-order chi connectivity index (χ0) is 15.1. The molecule has 0 bridgehead atoms. The number of carbonyl (C=O) groups is 1. The second-order valence-corrected chi connectivity index (χ2v) is 7.48. The van der Waals surface area contributed by atoms with Gasteiger partial charge in [-0.25, -0.2) is 0 Å². The predicted octanol–water partition coefficient (Wildman–Crippen LogP) is 2.40.